The molecule has 4 heteroatoms. The molecule has 3 nitrogen and oxygen atoms in total. The van der Waals surface area contributed by atoms with Crippen LogP contribution in [0.25, 0.3) is 11.5 Å². The fraction of sp³-hybridized carbons (Fsp3) is 0.400. The first kappa shape index (κ1) is 12.6. The summed E-state index contributed by atoms with van der Waals surface area (Å²) in [5.41, 5.74) is 3.50. The highest BCUT2D eigenvalue weighted by atomic mass is 16.7. The fourth-order valence-electron chi connectivity index (χ4n) is 2.28. The Labute approximate surface area is 113 Å². The van der Waals surface area contributed by atoms with E-state index >= 15 is 0 Å². The summed E-state index contributed by atoms with van der Waals surface area (Å²) in [6.45, 7) is 8.25. The van der Waals surface area contributed by atoms with Crippen LogP contribution in [0.15, 0.2) is 30.1 Å². The molecule has 1 aliphatic carbocycles. The van der Waals surface area contributed by atoms with Crippen LogP contribution in [0.1, 0.15) is 27.7 Å². The highest BCUT2D eigenvalue weighted by molar-refractivity contribution is 6.68. The molecule has 0 spiro atoms. The van der Waals surface area contributed by atoms with Crippen molar-refractivity contribution in [3.05, 3.63) is 40.7 Å². The smallest absolute Gasteiger partial charge is 0.399 e. The van der Waals surface area contributed by atoms with E-state index in [1.165, 1.54) is 0 Å². The lowest BCUT2D eigenvalue weighted by Crippen LogP contribution is -2.41. The van der Waals surface area contributed by atoms with Gasteiger partial charge in [0.25, 0.3) is 0 Å². The normalized spacial score (nSPS) is 23.2. The van der Waals surface area contributed by atoms with Gasteiger partial charge in [0.2, 0.25) is 0 Å². The number of aromatic amines is 1. The van der Waals surface area contributed by atoms with Crippen LogP contribution in [-0.4, -0.2) is 23.3 Å². The minimum Gasteiger partial charge on any atom is -0.399 e. The summed E-state index contributed by atoms with van der Waals surface area (Å²) >= 11 is 0. The van der Waals surface area contributed by atoms with Gasteiger partial charge in [0, 0.05) is 11.5 Å². The van der Waals surface area contributed by atoms with E-state index in [0.717, 1.165) is 16.0 Å². The van der Waals surface area contributed by atoms with E-state index in [4.69, 9.17) is 9.31 Å². The zero-order chi connectivity index (χ0) is 13.7. The average molecular weight is 255 g/mol. The molecule has 1 aromatic rings. The van der Waals surface area contributed by atoms with Crippen LogP contribution in [0, 0.1) is 0 Å². The molecule has 0 atom stereocenters. The lowest BCUT2D eigenvalue weighted by atomic mass is 9.77. The molecule has 2 aliphatic rings. The van der Waals surface area contributed by atoms with E-state index in [0.29, 0.717) is 0 Å². The Bertz CT molecular complexity index is 674. The van der Waals surface area contributed by atoms with Crippen molar-refractivity contribution < 1.29 is 9.31 Å². The highest BCUT2D eigenvalue weighted by Gasteiger charge is 2.52. The molecular weight excluding hydrogens is 237 g/mol. The van der Waals surface area contributed by atoms with Crippen molar-refractivity contribution in [2.24, 2.45) is 0 Å². The van der Waals surface area contributed by atoms with E-state index in [-0.39, 0.29) is 18.3 Å². The fourth-order valence-corrected chi connectivity index (χ4v) is 2.28. The Morgan fingerprint density at radius 2 is 1.84 bits per heavy atom. The van der Waals surface area contributed by atoms with Gasteiger partial charge in [-0.1, -0.05) is 0 Å². The number of nitrogens with one attached hydrogen (secondary N) is 1. The van der Waals surface area contributed by atoms with Crippen LogP contribution < -0.4 is 10.6 Å². The molecule has 1 saturated heterocycles. The standard InChI is InChI=1S/C15H18BNO2/c1-14(2)15(3,4)19-16(18-14)12-7-5-6-8-13-11(12)9-10-17-13/h6-10,17H,1-4H3. The predicted octanol–water partition coefficient (Wildman–Crippen LogP) is 1.30. The maximum Gasteiger partial charge on any atom is 0.496 e. The Hall–Kier alpha value is -1.48. The van der Waals surface area contributed by atoms with Crippen LogP contribution in [-0.2, 0) is 9.31 Å². The molecule has 3 rings (SSSR count). The number of aromatic nitrogens is 1. The SMILES string of the molecule is CC1(C)OB(C2=c3cc[nH]c3=CC=C=C2)OC1(C)C. The molecule has 0 amide bonds. The van der Waals surface area contributed by atoms with Gasteiger partial charge in [-0.2, -0.15) is 0 Å². The third-order valence-corrected chi connectivity index (χ3v) is 4.18. The predicted molar refractivity (Wildman–Crippen MR) is 76.7 cm³/mol. The number of H-pyrrole nitrogens is 1. The summed E-state index contributed by atoms with van der Waals surface area (Å²) in [5, 5.41) is 2.17. The van der Waals surface area contributed by atoms with E-state index in [1.54, 1.807) is 0 Å². The Morgan fingerprint density at radius 3 is 2.53 bits per heavy atom. The first-order valence-corrected chi connectivity index (χ1v) is 6.57. The molecule has 1 aliphatic heterocycles. The molecule has 0 radical (unpaired) electrons. The Morgan fingerprint density at radius 1 is 1.16 bits per heavy atom. The summed E-state index contributed by atoms with van der Waals surface area (Å²) < 4.78 is 12.2. The molecule has 19 heavy (non-hydrogen) atoms. The number of rotatable bonds is 1. The number of hydrogen-bond donors (Lipinski definition) is 1. The van der Waals surface area contributed by atoms with Crippen LogP contribution >= 0.6 is 0 Å². The van der Waals surface area contributed by atoms with Gasteiger partial charge in [0.15, 0.2) is 0 Å². The minimum absolute atomic E-state index is 0.325. The maximum absolute atomic E-state index is 6.11. The largest absolute Gasteiger partial charge is 0.496 e. The van der Waals surface area contributed by atoms with Crippen LogP contribution in [0.4, 0.5) is 0 Å². The third-order valence-electron chi connectivity index (χ3n) is 4.18. The van der Waals surface area contributed by atoms with Gasteiger partial charge < -0.3 is 14.3 Å². The van der Waals surface area contributed by atoms with Crippen molar-refractivity contribution in [2.75, 3.05) is 0 Å². The highest BCUT2D eigenvalue weighted by Crippen LogP contribution is 2.38. The van der Waals surface area contributed by atoms with Gasteiger partial charge >= 0.3 is 7.12 Å². The second kappa shape index (κ2) is 4.01. The lowest BCUT2D eigenvalue weighted by Gasteiger charge is -2.32. The quantitative estimate of drug-likeness (QED) is 0.606. The maximum atomic E-state index is 6.11. The summed E-state index contributed by atoms with van der Waals surface area (Å²) in [6, 6.07) is 2.05. The Kier molecular flexibility index (Phi) is 2.65. The van der Waals surface area contributed by atoms with Gasteiger partial charge in [-0.15, -0.1) is 5.73 Å². The van der Waals surface area contributed by atoms with E-state index in [1.807, 2.05) is 30.5 Å². The van der Waals surface area contributed by atoms with Gasteiger partial charge in [-0.05, 0) is 62.7 Å². The minimum atomic E-state index is -0.355. The molecule has 1 fully saturated rings. The van der Waals surface area contributed by atoms with E-state index < -0.39 is 0 Å². The second-order valence-corrected chi connectivity index (χ2v) is 5.99. The van der Waals surface area contributed by atoms with E-state index in [2.05, 4.69) is 38.4 Å². The van der Waals surface area contributed by atoms with Gasteiger partial charge in [-0.3, -0.25) is 0 Å². The summed E-state index contributed by atoms with van der Waals surface area (Å²) in [5.74, 6) is 0. The first-order chi connectivity index (χ1) is 8.91. The number of hydrogen-bond acceptors (Lipinski definition) is 2. The monoisotopic (exact) mass is 255 g/mol. The van der Waals surface area contributed by atoms with Crippen molar-refractivity contribution in [3.63, 3.8) is 0 Å². The van der Waals surface area contributed by atoms with Gasteiger partial charge in [0.1, 0.15) is 0 Å². The molecule has 0 unspecified atom stereocenters. The van der Waals surface area contributed by atoms with Gasteiger partial charge in [-0.25, -0.2) is 0 Å². The van der Waals surface area contributed by atoms with Crippen LogP contribution in [0.3, 0.4) is 0 Å². The summed E-state index contributed by atoms with van der Waals surface area (Å²) in [6.07, 6.45) is 7.77. The topological polar surface area (TPSA) is 34.2 Å². The Balaban J connectivity index is 2.13. The molecule has 0 bridgehead atoms. The summed E-state index contributed by atoms with van der Waals surface area (Å²) in [4.78, 5) is 3.21. The molecular formula is C15H18BNO2. The zero-order valence-electron chi connectivity index (χ0n) is 11.8. The molecule has 0 saturated carbocycles. The molecule has 98 valence electrons. The first-order valence-electron chi connectivity index (χ1n) is 6.57. The lowest BCUT2D eigenvalue weighted by molar-refractivity contribution is 0.00578. The van der Waals surface area contributed by atoms with Crippen molar-refractivity contribution in [1.29, 1.82) is 0 Å². The summed E-state index contributed by atoms with van der Waals surface area (Å²) in [7, 11) is -0.355. The van der Waals surface area contributed by atoms with E-state index in [9.17, 15) is 0 Å². The van der Waals surface area contributed by atoms with Crippen molar-refractivity contribution in [1.82, 2.24) is 4.98 Å². The molecule has 1 N–H and O–H groups in total. The average Bonchev–Trinajstić information content (AvgIpc) is 2.76. The number of allylic oxidation sites excluding steroid dienone is 1. The second-order valence-electron chi connectivity index (χ2n) is 5.99. The van der Waals surface area contributed by atoms with Gasteiger partial charge in [0.05, 0.1) is 11.2 Å². The third kappa shape index (κ3) is 1.93. The number of fused-ring (bicyclic) bond motifs is 1. The van der Waals surface area contributed by atoms with Crippen molar-refractivity contribution >= 4 is 18.7 Å². The zero-order valence-corrected chi connectivity index (χ0v) is 11.8. The van der Waals surface area contributed by atoms with Crippen LogP contribution in [0.2, 0.25) is 0 Å². The van der Waals surface area contributed by atoms with Crippen molar-refractivity contribution in [2.45, 2.75) is 38.9 Å². The van der Waals surface area contributed by atoms with Crippen LogP contribution in [0.5, 0.6) is 0 Å². The van der Waals surface area contributed by atoms with Crippen molar-refractivity contribution in [3.8, 4) is 0 Å². The molecule has 2 heterocycles. The molecule has 0 aromatic carbocycles. The molecule has 1 aromatic heterocycles.